The van der Waals surface area contributed by atoms with E-state index in [1.165, 1.54) is 13.0 Å². The maximum Gasteiger partial charge on any atom is 0.446 e. The van der Waals surface area contributed by atoms with Crippen LogP contribution >= 0.6 is 35.0 Å². The maximum absolute atomic E-state index is 13.2. The van der Waals surface area contributed by atoms with Crippen LogP contribution in [0.15, 0.2) is 22.2 Å². The molecule has 14 heteroatoms. The van der Waals surface area contributed by atoms with Gasteiger partial charge in [0.2, 0.25) is 0 Å². The predicted molar refractivity (Wildman–Crippen MR) is 99.6 cm³/mol. The summed E-state index contributed by atoms with van der Waals surface area (Å²) in [6, 6.07) is 1.78. The highest BCUT2D eigenvalue weighted by Gasteiger charge is 2.37. The number of aliphatic imine (C=N–C) groups is 1. The first-order valence-electron chi connectivity index (χ1n) is 7.81. The van der Waals surface area contributed by atoms with E-state index in [0.717, 1.165) is 10.9 Å². The molecule has 1 aromatic carbocycles. The second kappa shape index (κ2) is 8.95. The molecule has 162 valence electrons. The smallest absolute Gasteiger partial charge is 0.446 e. The lowest BCUT2D eigenvalue weighted by Crippen LogP contribution is -2.11. The molecule has 0 radical (unpaired) electrons. The van der Waals surface area contributed by atoms with Crippen LogP contribution in [0.5, 0.6) is 0 Å². The van der Waals surface area contributed by atoms with Crippen LogP contribution in [0, 0.1) is 11.3 Å². The molecule has 0 unspecified atom stereocenters. The zero-order chi connectivity index (χ0) is 22.9. The second-order valence-corrected chi connectivity index (χ2v) is 7.30. The summed E-state index contributed by atoms with van der Waals surface area (Å²) in [6.07, 6.45) is -4.14. The Balaban J connectivity index is 2.82. The first-order chi connectivity index (χ1) is 13.8. The lowest BCUT2D eigenvalue weighted by Gasteiger charge is -2.16. The van der Waals surface area contributed by atoms with Gasteiger partial charge < -0.3 is 4.74 Å². The molecule has 2 aromatic rings. The molecule has 1 aromatic heterocycles. The van der Waals surface area contributed by atoms with Gasteiger partial charge in [0.15, 0.2) is 11.7 Å². The normalized spacial score (nSPS) is 12.8. The van der Waals surface area contributed by atoms with E-state index in [4.69, 9.17) is 33.2 Å². The van der Waals surface area contributed by atoms with Gasteiger partial charge in [0, 0.05) is 6.92 Å². The molecule has 0 aliphatic rings. The molecule has 1 heterocycles. The minimum atomic E-state index is -4.94. The third-order valence-corrected chi connectivity index (χ3v) is 4.77. The van der Waals surface area contributed by atoms with E-state index in [-0.39, 0.29) is 12.5 Å². The lowest BCUT2D eigenvalue weighted by atomic mass is 10.1. The summed E-state index contributed by atoms with van der Waals surface area (Å²) in [5.74, 6) is -0.473. The quantitative estimate of drug-likeness (QED) is 0.205. The first kappa shape index (κ1) is 24.2. The monoisotopic (exact) mass is 490 g/mol. The highest BCUT2D eigenvalue weighted by atomic mass is 35.5. The van der Waals surface area contributed by atoms with Crippen LogP contribution in [-0.2, 0) is 10.9 Å². The molecule has 0 N–H and O–H groups in total. The highest BCUT2D eigenvalue weighted by Crippen LogP contribution is 2.45. The number of nitrogens with zero attached hydrogens (tertiary/aromatic N) is 4. The summed E-state index contributed by atoms with van der Waals surface area (Å²) >= 11 is 11.4. The molecule has 2 rings (SSSR count). The van der Waals surface area contributed by atoms with Gasteiger partial charge in [0.05, 0.1) is 38.9 Å². The number of hydrogen-bond donors (Lipinski definition) is 0. The third-order valence-electron chi connectivity index (χ3n) is 3.38. The van der Waals surface area contributed by atoms with Gasteiger partial charge in [-0.15, -0.1) is 0 Å². The minimum Gasteiger partial charge on any atom is -0.481 e. The fourth-order valence-electron chi connectivity index (χ4n) is 2.32. The van der Waals surface area contributed by atoms with E-state index in [9.17, 15) is 26.3 Å². The number of nitriles is 1. The summed E-state index contributed by atoms with van der Waals surface area (Å²) in [6.45, 7) is 3.13. The third kappa shape index (κ3) is 5.33. The van der Waals surface area contributed by atoms with Crippen molar-refractivity contribution in [2.45, 2.75) is 30.4 Å². The molecular weight excluding hydrogens is 481 g/mol. The van der Waals surface area contributed by atoms with E-state index < -0.39 is 61.0 Å². The average molecular weight is 491 g/mol. The number of halogens is 8. The molecule has 0 saturated heterocycles. The summed E-state index contributed by atoms with van der Waals surface area (Å²) in [5, 5.41) is 11.6. The Bertz CT molecular complexity index is 1030. The predicted octanol–water partition coefficient (Wildman–Crippen LogP) is 6.77. The van der Waals surface area contributed by atoms with E-state index in [2.05, 4.69) is 10.1 Å². The summed E-state index contributed by atoms with van der Waals surface area (Å²) in [4.78, 5) is 3.45. The Morgan fingerprint density at radius 1 is 1.30 bits per heavy atom. The summed E-state index contributed by atoms with van der Waals surface area (Å²) in [5.41, 5.74) is -7.49. The standard InChI is InChI=1S/C16H10Cl2F6N4OS/c1-3-29-7(2)27-14-11(30-16(22,23)24)6-26-28(14)13-10(17)4-9(15(19,20)21)8(5-25)12(13)18/h4,6H,3H2,1-2H3/b27-7+. The van der Waals surface area contributed by atoms with Gasteiger partial charge in [-0.2, -0.15) is 41.7 Å². The van der Waals surface area contributed by atoms with Crippen LogP contribution in [-0.4, -0.2) is 27.8 Å². The number of alkyl halides is 6. The Kier molecular flexibility index (Phi) is 7.21. The van der Waals surface area contributed by atoms with Crippen LogP contribution in [0.3, 0.4) is 0 Å². The van der Waals surface area contributed by atoms with Crippen molar-refractivity contribution in [3.05, 3.63) is 33.4 Å². The topological polar surface area (TPSA) is 63.2 Å². The van der Waals surface area contributed by atoms with Crippen LogP contribution < -0.4 is 0 Å². The molecule has 0 bridgehead atoms. The Morgan fingerprint density at radius 2 is 1.93 bits per heavy atom. The molecule has 0 saturated carbocycles. The van der Waals surface area contributed by atoms with E-state index in [1.807, 2.05) is 0 Å². The van der Waals surface area contributed by atoms with Crippen molar-refractivity contribution < 1.29 is 31.1 Å². The van der Waals surface area contributed by atoms with Crippen molar-refractivity contribution in [1.82, 2.24) is 9.78 Å². The van der Waals surface area contributed by atoms with Crippen molar-refractivity contribution in [1.29, 1.82) is 5.26 Å². The largest absolute Gasteiger partial charge is 0.481 e. The molecule has 0 aliphatic heterocycles. The number of hydrogen-bond acceptors (Lipinski definition) is 5. The zero-order valence-corrected chi connectivity index (χ0v) is 17.3. The average Bonchev–Trinajstić information content (AvgIpc) is 2.94. The summed E-state index contributed by atoms with van der Waals surface area (Å²) in [7, 11) is 0. The van der Waals surface area contributed by atoms with Crippen LogP contribution in [0.2, 0.25) is 10.0 Å². The number of ether oxygens (including phenoxy) is 1. The van der Waals surface area contributed by atoms with Gasteiger partial charge in [-0.25, -0.2) is 4.68 Å². The van der Waals surface area contributed by atoms with Gasteiger partial charge >= 0.3 is 11.7 Å². The Morgan fingerprint density at radius 3 is 2.43 bits per heavy atom. The molecule has 0 aliphatic carbocycles. The van der Waals surface area contributed by atoms with E-state index in [1.54, 1.807) is 6.92 Å². The van der Waals surface area contributed by atoms with Gasteiger partial charge in [0.25, 0.3) is 0 Å². The van der Waals surface area contributed by atoms with Gasteiger partial charge in [0.1, 0.15) is 11.8 Å². The fourth-order valence-corrected chi connectivity index (χ4v) is 3.55. The molecule has 0 spiro atoms. The Labute approximate surface area is 180 Å². The van der Waals surface area contributed by atoms with E-state index in [0.29, 0.717) is 6.07 Å². The number of rotatable bonds is 4. The van der Waals surface area contributed by atoms with Crippen molar-refractivity contribution >= 4 is 46.7 Å². The van der Waals surface area contributed by atoms with Crippen molar-refractivity contribution in [3.8, 4) is 11.8 Å². The van der Waals surface area contributed by atoms with Crippen LogP contribution in [0.1, 0.15) is 25.0 Å². The van der Waals surface area contributed by atoms with Crippen LogP contribution in [0.4, 0.5) is 32.2 Å². The van der Waals surface area contributed by atoms with Crippen molar-refractivity contribution in [3.63, 3.8) is 0 Å². The summed E-state index contributed by atoms with van der Waals surface area (Å²) < 4.78 is 84.1. The second-order valence-electron chi connectivity index (χ2n) is 5.41. The van der Waals surface area contributed by atoms with E-state index >= 15 is 0 Å². The molecule has 0 atom stereocenters. The van der Waals surface area contributed by atoms with Gasteiger partial charge in [-0.1, -0.05) is 23.2 Å². The first-order valence-corrected chi connectivity index (χ1v) is 9.38. The molecule has 5 nitrogen and oxygen atoms in total. The number of thioether (sulfide) groups is 1. The Hall–Kier alpha value is -2.10. The maximum atomic E-state index is 13.2. The number of aromatic nitrogens is 2. The minimum absolute atomic E-state index is 0.0389. The lowest BCUT2D eigenvalue weighted by molar-refractivity contribution is -0.137. The zero-order valence-electron chi connectivity index (χ0n) is 15.0. The molecule has 0 amide bonds. The molecule has 0 fully saturated rings. The number of benzene rings is 1. The fraction of sp³-hybridized carbons (Fsp3) is 0.312. The van der Waals surface area contributed by atoms with Crippen molar-refractivity contribution in [2.75, 3.05) is 6.61 Å². The highest BCUT2D eigenvalue weighted by molar-refractivity contribution is 8.00. The van der Waals surface area contributed by atoms with Gasteiger partial charge in [-0.05, 0) is 24.8 Å². The van der Waals surface area contributed by atoms with Gasteiger partial charge in [-0.3, -0.25) is 0 Å². The SMILES string of the molecule is CCO/C(C)=N/c1c(SC(F)(F)F)cnn1-c1c(Cl)cc(C(F)(F)F)c(C#N)c1Cl. The molecule has 30 heavy (non-hydrogen) atoms. The molecular formula is C16H10Cl2F6N4OS. The van der Waals surface area contributed by atoms with Crippen LogP contribution in [0.25, 0.3) is 5.69 Å². The van der Waals surface area contributed by atoms with Crippen molar-refractivity contribution in [2.24, 2.45) is 4.99 Å².